The predicted molar refractivity (Wildman–Crippen MR) is 200 cm³/mol. The highest BCUT2D eigenvalue weighted by molar-refractivity contribution is 6.10. The Morgan fingerprint density at radius 3 is 1.57 bits per heavy atom. The van der Waals surface area contributed by atoms with Crippen LogP contribution in [0.1, 0.15) is 0 Å². The van der Waals surface area contributed by atoms with Gasteiger partial charge in [-0.3, -0.25) is 0 Å². The van der Waals surface area contributed by atoms with Crippen LogP contribution in [0.2, 0.25) is 0 Å². The minimum atomic E-state index is 0.598. The standard InChI is InChI=1S/C45H29N3O/c1-3-13-30(14-4-1)32-25-27-33(28-26-32)43-46-44(35-18-11-17-34(29-35)31-15-5-2-6-16-31)48-45(47-43)40-21-8-7-19-36(40)38-22-12-23-39-37-20-9-10-24-41(37)49-42(38)39/h1-29H. The number of hydrogen-bond donors (Lipinski definition) is 0. The maximum atomic E-state index is 6.46. The van der Waals surface area contributed by atoms with Gasteiger partial charge in [-0.15, -0.1) is 0 Å². The maximum absolute atomic E-state index is 6.46. The van der Waals surface area contributed by atoms with Gasteiger partial charge < -0.3 is 4.42 Å². The van der Waals surface area contributed by atoms with Gasteiger partial charge >= 0.3 is 0 Å². The lowest BCUT2D eigenvalue weighted by atomic mass is 9.97. The summed E-state index contributed by atoms with van der Waals surface area (Å²) < 4.78 is 6.46. The lowest BCUT2D eigenvalue weighted by Crippen LogP contribution is -2.01. The summed E-state index contributed by atoms with van der Waals surface area (Å²) in [6.07, 6.45) is 0. The normalized spacial score (nSPS) is 11.3. The van der Waals surface area contributed by atoms with Gasteiger partial charge in [-0.05, 0) is 39.9 Å². The number of hydrogen-bond acceptors (Lipinski definition) is 4. The Bertz CT molecular complexity index is 2590. The molecule has 0 bridgehead atoms. The van der Waals surface area contributed by atoms with E-state index in [0.717, 1.165) is 72.0 Å². The van der Waals surface area contributed by atoms with E-state index >= 15 is 0 Å². The first-order valence-electron chi connectivity index (χ1n) is 16.4. The zero-order valence-corrected chi connectivity index (χ0v) is 26.5. The number of fused-ring (bicyclic) bond motifs is 3. The lowest BCUT2D eigenvalue weighted by molar-refractivity contribution is 0.670. The summed E-state index contributed by atoms with van der Waals surface area (Å²) in [5.74, 6) is 1.82. The summed E-state index contributed by atoms with van der Waals surface area (Å²) in [6.45, 7) is 0. The number of furan rings is 1. The number of para-hydroxylation sites is 2. The van der Waals surface area contributed by atoms with Gasteiger partial charge in [0.2, 0.25) is 0 Å². The molecule has 0 radical (unpaired) electrons. The van der Waals surface area contributed by atoms with E-state index in [1.54, 1.807) is 0 Å². The highest BCUT2D eigenvalue weighted by Gasteiger charge is 2.19. The van der Waals surface area contributed by atoms with Crippen molar-refractivity contribution < 1.29 is 4.42 Å². The van der Waals surface area contributed by atoms with E-state index < -0.39 is 0 Å². The fourth-order valence-corrected chi connectivity index (χ4v) is 6.54. The number of nitrogens with zero attached hydrogens (tertiary/aromatic N) is 3. The van der Waals surface area contributed by atoms with Crippen LogP contribution < -0.4 is 0 Å². The van der Waals surface area contributed by atoms with Crippen LogP contribution in [0.25, 0.3) is 89.5 Å². The Balaban J connectivity index is 1.23. The summed E-state index contributed by atoms with van der Waals surface area (Å²) in [4.78, 5) is 15.4. The SMILES string of the molecule is c1ccc(-c2ccc(-c3nc(-c4cccc(-c5ccccc5)c4)nc(-c4ccccc4-c4cccc5c4oc4ccccc45)n3)cc2)cc1. The van der Waals surface area contributed by atoms with Crippen LogP contribution in [0.15, 0.2) is 180 Å². The molecule has 49 heavy (non-hydrogen) atoms. The van der Waals surface area contributed by atoms with Crippen molar-refractivity contribution in [3.05, 3.63) is 176 Å². The third-order valence-corrected chi connectivity index (χ3v) is 8.98. The van der Waals surface area contributed by atoms with Gasteiger partial charge in [0.15, 0.2) is 17.5 Å². The molecule has 0 N–H and O–H groups in total. The zero-order valence-electron chi connectivity index (χ0n) is 26.5. The average Bonchev–Trinajstić information content (AvgIpc) is 3.58. The molecule has 0 amide bonds. The molecule has 0 aliphatic carbocycles. The van der Waals surface area contributed by atoms with E-state index in [1.807, 2.05) is 36.4 Å². The summed E-state index contributed by atoms with van der Waals surface area (Å²) in [7, 11) is 0. The maximum Gasteiger partial charge on any atom is 0.164 e. The minimum Gasteiger partial charge on any atom is -0.455 e. The Labute approximate surface area is 284 Å². The Morgan fingerprint density at radius 2 is 0.796 bits per heavy atom. The van der Waals surface area contributed by atoms with E-state index in [-0.39, 0.29) is 0 Å². The Hall–Kier alpha value is -6.65. The van der Waals surface area contributed by atoms with Gasteiger partial charge in [0.05, 0.1) is 0 Å². The monoisotopic (exact) mass is 627 g/mol. The first-order chi connectivity index (χ1) is 24.3. The summed E-state index contributed by atoms with van der Waals surface area (Å²) in [5.41, 5.74) is 11.0. The largest absolute Gasteiger partial charge is 0.455 e. The molecular formula is C45H29N3O. The van der Waals surface area contributed by atoms with Crippen LogP contribution in [0, 0.1) is 0 Å². The van der Waals surface area contributed by atoms with Crippen LogP contribution >= 0.6 is 0 Å². The van der Waals surface area contributed by atoms with Gasteiger partial charge in [-0.25, -0.2) is 15.0 Å². The molecule has 0 unspecified atom stereocenters. The van der Waals surface area contributed by atoms with Crippen molar-refractivity contribution in [2.75, 3.05) is 0 Å². The molecule has 9 rings (SSSR count). The van der Waals surface area contributed by atoms with Gasteiger partial charge in [0.25, 0.3) is 0 Å². The van der Waals surface area contributed by atoms with Crippen molar-refractivity contribution in [1.29, 1.82) is 0 Å². The molecule has 0 spiro atoms. The van der Waals surface area contributed by atoms with Gasteiger partial charge in [0.1, 0.15) is 11.2 Å². The predicted octanol–water partition coefficient (Wildman–Crippen LogP) is 11.8. The van der Waals surface area contributed by atoms with Gasteiger partial charge in [-0.1, -0.05) is 164 Å². The van der Waals surface area contributed by atoms with E-state index in [2.05, 4.69) is 140 Å². The van der Waals surface area contributed by atoms with Crippen molar-refractivity contribution in [2.45, 2.75) is 0 Å². The molecule has 230 valence electrons. The van der Waals surface area contributed by atoms with Crippen LogP contribution in [-0.4, -0.2) is 15.0 Å². The van der Waals surface area contributed by atoms with Gasteiger partial charge in [-0.2, -0.15) is 0 Å². The third-order valence-electron chi connectivity index (χ3n) is 8.98. The van der Waals surface area contributed by atoms with E-state index in [0.29, 0.717) is 17.5 Å². The lowest BCUT2D eigenvalue weighted by Gasteiger charge is -2.13. The van der Waals surface area contributed by atoms with E-state index in [1.165, 1.54) is 0 Å². The Kier molecular flexibility index (Phi) is 7.10. The summed E-state index contributed by atoms with van der Waals surface area (Å²) in [6, 6.07) is 60.4. The van der Waals surface area contributed by atoms with Crippen molar-refractivity contribution in [3.8, 4) is 67.5 Å². The Morgan fingerprint density at radius 1 is 0.306 bits per heavy atom. The quantitative estimate of drug-likeness (QED) is 0.184. The zero-order chi connectivity index (χ0) is 32.6. The average molecular weight is 628 g/mol. The highest BCUT2D eigenvalue weighted by atomic mass is 16.3. The van der Waals surface area contributed by atoms with Crippen LogP contribution in [0.3, 0.4) is 0 Å². The molecule has 4 heteroatoms. The molecule has 0 saturated carbocycles. The van der Waals surface area contributed by atoms with Crippen LogP contribution in [-0.2, 0) is 0 Å². The van der Waals surface area contributed by atoms with Crippen LogP contribution in [0.4, 0.5) is 0 Å². The molecule has 2 aromatic heterocycles. The number of benzene rings is 7. The first kappa shape index (κ1) is 28.6. The molecule has 0 aliphatic heterocycles. The molecular weight excluding hydrogens is 599 g/mol. The molecule has 0 fully saturated rings. The van der Waals surface area contributed by atoms with Crippen molar-refractivity contribution in [1.82, 2.24) is 15.0 Å². The fraction of sp³-hybridized carbons (Fsp3) is 0. The van der Waals surface area contributed by atoms with Gasteiger partial charge in [0, 0.05) is 33.0 Å². The number of aromatic nitrogens is 3. The smallest absolute Gasteiger partial charge is 0.164 e. The van der Waals surface area contributed by atoms with Crippen molar-refractivity contribution in [2.24, 2.45) is 0 Å². The van der Waals surface area contributed by atoms with Crippen LogP contribution in [0.5, 0.6) is 0 Å². The second kappa shape index (κ2) is 12.2. The van der Waals surface area contributed by atoms with E-state index in [9.17, 15) is 0 Å². The molecule has 7 aromatic carbocycles. The summed E-state index contributed by atoms with van der Waals surface area (Å²) >= 11 is 0. The fourth-order valence-electron chi connectivity index (χ4n) is 6.54. The van der Waals surface area contributed by atoms with Crippen molar-refractivity contribution >= 4 is 21.9 Å². The van der Waals surface area contributed by atoms with E-state index in [4.69, 9.17) is 19.4 Å². The second-order valence-electron chi connectivity index (χ2n) is 12.0. The molecule has 0 aliphatic rings. The molecule has 0 saturated heterocycles. The third kappa shape index (κ3) is 5.35. The summed E-state index contributed by atoms with van der Waals surface area (Å²) in [5, 5.41) is 2.18. The minimum absolute atomic E-state index is 0.598. The first-order valence-corrected chi connectivity index (χ1v) is 16.4. The molecule has 0 atom stereocenters. The molecule has 9 aromatic rings. The highest BCUT2D eigenvalue weighted by Crippen LogP contribution is 2.40. The molecule has 2 heterocycles. The topological polar surface area (TPSA) is 51.8 Å². The second-order valence-corrected chi connectivity index (χ2v) is 12.0. The number of rotatable bonds is 6. The molecule has 4 nitrogen and oxygen atoms in total. The van der Waals surface area contributed by atoms with Crippen molar-refractivity contribution in [3.63, 3.8) is 0 Å².